The Morgan fingerprint density at radius 3 is 2.54 bits per heavy atom. The van der Waals surface area contributed by atoms with Gasteiger partial charge in [0.05, 0.1) is 5.69 Å². The van der Waals surface area contributed by atoms with Crippen LogP contribution in [0.4, 0.5) is 10.1 Å². The topological polar surface area (TPSA) is 35.6 Å². The van der Waals surface area contributed by atoms with Crippen molar-refractivity contribution >= 4 is 11.6 Å². The van der Waals surface area contributed by atoms with E-state index < -0.39 is 0 Å². The Labute approximate surface area is 144 Å². The number of anilines is 1. The summed E-state index contributed by atoms with van der Waals surface area (Å²) in [6.07, 6.45) is 5.48. The fourth-order valence-corrected chi connectivity index (χ4v) is 3.81. The molecule has 3 rings (SSSR count). The number of rotatable bonds is 5. The Morgan fingerprint density at radius 2 is 1.92 bits per heavy atom. The van der Waals surface area contributed by atoms with Gasteiger partial charge in [-0.05, 0) is 69.8 Å². The molecule has 1 amide bonds. The van der Waals surface area contributed by atoms with Gasteiger partial charge < -0.3 is 15.1 Å². The van der Waals surface area contributed by atoms with E-state index in [1.807, 2.05) is 11.9 Å². The molecular weight excluding hydrogens is 305 g/mol. The lowest BCUT2D eigenvalue weighted by Crippen LogP contribution is -2.39. The molecule has 0 aliphatic carbocycles. The van der Waals surface area contributed by atoms with Gasteiger partial charge in [0.15, 0.2) is 0 Å². The highest BCUT2D eigenvalue weighted by Crippen LogP contribution is 2.26. The molecule has 0 bridgehead atoms. The number of nitrogens with zero attached hydrogens (tertiary/aromatic N) is 2. The number of carbonyl (C=O) groups is 1. The van der Waals surface area contributed by atoms with Gasteiger partial charge >= 0.3 is 0 Å². The maximum absolute atomic E-state index is 14.4. The number of hydrogen-bond donors (Lipinski definition) is 1. The van der Waals surface area contributed by atoms with Crippen LogP contribution in [0.1, 0.15) is 42.5 Å². The second kappa shape index (κ2) is 7.97. The predicted octanol–water partition coefficient (Wildman–Crippen LogP) is 2.89. The maximum atomic E-state index is 14.4. The normalized spacial score (nSPS) is 19.1. The summed E-state index contributed by atoms with van der Waals surface area (Å²) in [6.45, 7) is 4.40. The number of halogens is 1. The van der Waals surface area contributed by atoms with Crippen molar-refractivity contribution in [3.63, 3.8) is 0 Å². The molecule has 0 saturated carbocycles. The van der Waals surface area contributed by atoms with Crippen LogP contribution in [0.5, 0.6) is 0 Å². The molecule has 0 aromatic heterocycles. The van der Waals surface area contributed by atoms with Crippen LogP contribution in [0, 0.1) is 11.7 Å². The molecule has 5 heteroatoms. The number of hydrogen-bond acceptors (Lipinski definition) is 3. The Bertz CT molecular complexity index is 564. The van der Waals surface area contributed by atoms with E-state index in [0.29, 0.717) is 17.2 Å². The third-order valence-corrected chi connectivity index (χ3v) is 5.35. The number of carbonyl (C=O) groups excluding carboxylic acids is 1. The molecular formula is C19H28FN3O. The van der Waals surface area contributed by atoms with Crippen molar-refractivity contribution in [2.24, 2.45) is 5.92 Å². The van der Waals surface area contributed by atoms with Crippen LogP contribution in [0.2, 0.25) is 0 Å². The van der Waals surface area contributed by atoms with Gasteiger partial charge in [0, 0.05) is 31.7 Å². The minimum absolute atomic E-state index is 0.0334. The molecule has 0 spiro atoms. The number of nitrogens with one attached hydrogen (secondary N) is 1. The lowest BCUT2D eigenvalue weighted by Gasteiger charge is -2.32. The lowest BCUT2D eigenvalue weighted by molar-refractivity contribution is 0.0686. The molecule has 0 atom stereocenters. The molecule has 0 radical (unpaired) electrons. The van der Waals surface area contributed by atoms with Crippen LogP contribution < -0.4 is 10.2 Å². The van der Waals surface area contributed by atoms with Gasteiger partial charge in [-0.25, -0.2) is 4.39 Å². The highest BCUT2D eigenvalue weighted by Gasteiger charge is 2.24. The molecule has 4 nitrogen and oxygen atoms in total. The van der Waals surface area contributed by atoms with Crippen LogP contribution in [0.25, 0.3) is 0 Å². The first kappa shape index (κ1) is 17.2. The van der Waals surface area contributed by atoms with Crippen LogP contribution in [-0.4, -0.2) is 50.6 Å². The average Bonchev–Trinajstić information content (AvgIpc) is 3.14. The van der Waals surface area contributed by atoms with E-state index in [0.717, 1.165) is 64.8 Å². The van der Waals surface area contributed by atoms with Crippen molar-refractivity contribution < 1.29 is 9.18 Å². The number of amides is 1. The van der Waals surface area contributed by atoms with Crippen LogP contribution >= 0.6 is 0 Å². The van der Waals surface area contributed by atoms with Gasteiger partial charge in [-0.15, -0.1) is 0 Å². The summed E-state index contributed by atoms with van der Waals surface area (Å²) >= 11 is 0. The predicted molar refractivity (Wildman–Crippen MR) is 95.0 cm³/mol. The van der Waals surface area contributed by atoms with E-state index in [4.69, 9.17) is 0 Å². The van der Waals surface area contributed by atoms with Crippen molar-refractivity contribution in [2.45, 2.75) is 32.1 Å². The Kier molecular flexibility index (Phi) is 5.72. The summed E-state index contributed by atoms with van der Waals surface area (Å²) in [7, 11) is 1.97. The van der Waals surface area contributed by atoms with Gasteiger partial charge in [-0.3, -0.25) is 4.79 Å². The third kappa shape index (κ3) is 3.89. The smallest absolute Gasteiger partial charge is 0.253 e. The highest BCUT2D eigenvalue weighted by atomic mass is 19.1. The molecule has 2 saturated heterocycles. The second-order valence-electron chi connectivity index (χ2n) is 6.99. The first-order valence-electron chi connectivity index (χ1n) is 9.17. The van der Waals surface area contributed by atoms with Crippen LogP contribution in [-0.2, 0) is 0 Å². The first-order valence-corrected chi connectivity index (χ1v) is 9.17. The first-order chi connectivity index (χ1) is 11.7. The number of likely N-dealkylation sites (tertiary alicyclic amines) is 1. The van der Waals surface area contributed by atoms with E-state index in [2.05, 4.69) is 10.2 Å². The van der Waals surface area contributed by atoms with E-state index in [9.17, 15) is 9.18 Å². The van der Waals surface area contributed by atoms with Gasteiger partial charge in [-0.1, -0.05) is 0 Å². The Morgan fingerprint density at radius 1 is 1.21 bits per heavy atom. The van der Waals surface area contributed by atoms with E-state index >= 15 is 0 Å². The average molecular weight is 333 g/mol. The van der Waals surface area contributed by atoms with Crippen molar-refractivity contribution in [2.75, 3.05) is 44.7 Å². The van der Waals surface area contributed by atoms with Gasteiger partial charge in [0.2, 0.25) is 0 Å². The zero-order valence-corrected chi connectivity index (χ0v) is 14.6. The summed E-state index contributed by atoms with van der Waals surface area (Å²) in [4.78, 5) is 16.6. The number of piperidine rings is 1. The third-order valence-electron chi connectivity index (χ3n) is 5.35. The summed E-state index contributed by atoms with van der Waals surface area (Å²) in [5.74, 6) is 0.386. The lowest BCUT2D eigenvalue weighted by atomic mass is 9.93. The SMILES string of the molecule is CNCCC1CCN(C(=O)c2ccc(N3CCCC3)c(F)c2)CC1. The Hall–Kier alpha value is -1.62. The van der Waals surface area contributed by atoms with E-state index in [1.54, 1.807) is 12.1 Å². The molecule has 132 valence electrons. The fourth-order valence-electron chi connectivity index (χ4n) is 3.81. The second-order valence-corrected chi connectivity index (χ2v) is 6.99. The van der Waals surface area contributed by atoms with Crippen LogP contribution in [0.15, 0.2) is 18.2 Å². The molecule has 1 aromatic rings. The number of benzene rings is 1. The maximum Gasteiger partial charge on any atom is 0.253 e. The van der Waals surface area contributed by atoms with Crippen molar-refractivity contribution in [1.82, 2.24) is 10.2 Å². The van der Waals surface area contributed by atoms with Crippen molar-refractivity contribution in [3.05, 3.63) is 29.6 Å². The quantitative estimate of drug-likeness (QED) is 0.900. The summed E-state index contributed by atoms with van der Waals surface area (Å²) in [6, 6.07) is 4.97. The molecule has 1 aromatic carbocycles. The minimum Gasteiger partial charge on any atom is -0.369 e. The molecule has 2 aliphatic heterocycles. The fraction of sp³-hybridized carbons (Fsp3) is 0.632. The molecule has 2 heterocycles. The zero-order chi connectivity index (χ0) is 16.9. The Balaban J connectivity index is 1.60. The van der Waals surface area contributed by atoms with E-state index in [-0.39, 0.29) is 11.7 Å². The van der Waals surface area contributed by atoms with E-state index in [1.165, 1.54) is 6.07 Å². The highest BCUT2D eigenvalue weighted by molar-refractivity contribution is 5.94. The monoisotopic (exact) mass is 333 g/mol. The molecule has 2 aliphatic rings. The molecule has 0 unspecified atom stereocenters. The van der Waals surface area contributed by atoms with Crippen molar-refractivity contribution in [1.29, 1.82) is 0 Å². The summed E-state index contributed by atoms with van der Waals surface area (Å²) in [5, 5.41) is 3.18. The van der Waals surface area contributed by atoms with Gasteiger partial charge in [-0.2, -0.15) is 0 Å². The standard InChI is InChI=1S/C19H28FN3O/c1-21-9-6-15-7-12-23(13-8-15)19(24)16-4-5-18(17(20)14-16)22-10-2-3-11-22/h4-5,14-15,21H,2-3,6-13H2,1H3. The largest absolute Gasteiger partial charge is 0.369 e. The minimum atomic E-state index is -0.272. The summed E-state index contributed by atoms with van der Waals surface area (Å²) < 4.78 is 14.4. The zero-order valence-electron chi connectivity index (χ0n) is 14.6. The van der Waals surface area contributed by atoms with Crippen molar-refractivity contribution in [3.8, 4) is 0 Å². The molecule has 1 N–H and O–H groups in total. The van der Waals surface area contributed by atoms with Crippen LogP contribution in [0.3, 0.4) is 0 Å². The summed E-state index contributed by atoms with van der Waals surface area (Å²) in [5.41, 5.74) is 1.11. The van der Waals surface area contributed by atoms with Gasteiger partial charge in [0.25, 0.3) is 5.91 Å². The van der Waals surface area contributed by atoms with Gasteiger partial charge in [0.1, 0.15) is 5.82 Å². The molecule has 24 heavy (non-hydrogen) atoms. The molecule has 2 fully saturated rings.